The fourth-order valence-electron chi connectivity index (χ4n) is 1.33. The van der Waals surface area contributed by atoms with Crippen LogP contribution in [0.2, 0.25) is 5.02 Å². The minimum absolute atomic E-state index is 0.733. The first kappa shape index (κ1) is 13.9. The maximum Gasteiger partial charge on any atom is 0.0541 e. The summed E-state index contributed by atoms with van der Waals surface area (Å²) in [6.45, 7) is 6.66. The summed E-state index contributed by atoms with van der Waals surface area (Å²) >= 11 is 7.90. The SMILES string of the molecule is CC(C)CNCCCSc1ccccc1Cl. The molecule has 0 spiro atoms. The van der Waals surface area contributed by atoms with Crippen LogP contribution in [0.1, 0.15) is 20.3 Å². The van der Waals surface area contributed by atoms with Crippen LogP contribution in [-0.4, -0.2) is 18.8 Å². The molecule has 0 aliphatic rings. The zero-order valence-corrected chi connectivity index (χ0v) is 11.6. The minimum Gasteiger partial charge on any atom is -0.316 e. The summed E-state index contributed by atoms with van der Waals surface area (Å²) < 4.78 is 0. The highest BCUT2D eigenvalue weighted by atomic mass is 35.5. The molecular formula is C13H20ClNS. The first-order valence-electron chi connectivity index (χ1n) is 5.78. The van der Waals surface area contributed by atoms with E-state index in [2.05, 4.69) is 25.2 Å². The number of halogens is 1. The average molecular weight is 258 g/mol. The van der Waals surface area contributed by atoms with Gasteiger partial charge in [-0.2, -0.15) is 0 Å². The Morgan fingerprint density at radius 2 is 2.06 bits per heavy atom. The predicted octanol–water partition coefficient (Wildman–Crippen LogP) is 4.07. The smallest absolute Gasteiger partial charge is 0.0541 e. The van der Waals surface area contributed by atoms with Crippen molar-refractivity contribution < 1.29 is 0 Å². The first-order valence-corrected chi connectivity index (χ1v) is 7.14. The molecule has 0 fully saturated rings. The molecular weight excluding hydrogens is 238 g/mol. The summed E-state index contributed by atoms with van der Waals surface area (Å²) in [6.07, 6.45) is 1.18. The Hall–Kier alpha value is -0.180. The monoisotopic (exact) mass is 257 g/mol. The molecule has 1 N–H and O–H groups in total. The normalized spacial score (nSPS) is 11.0. The van der Waals surface area contributed by atoms with Gasteiger partial charge in [0.05, 0.1) is 5.02 Å². The lowest BCUT2D eigenvalue weighted by Crippen LogP contribution is -2.21. The number of nitrogens with one attached hydrogen (secondary N) is 1. The highest BCUT2D eigenvalue weighted by molar-refractivity contribution is 7.99. The Bertz CT molecular complexity index is 302. The van der Waals surface area contributed by atoms with Gasteiger partial charge in [-0.15, -0.1) is 11.8 Å². The molecule has 0 aromatic heterocycles. The number of benzene rings is 1. The largest absolute Gasteiger partial charge is 0.316 e. The number of rotatable bonds is 7. The summed E-state index contributed by atoms with van der Waals surface area (Å²) in [5.74, 6) is 1.85. The van der Waals surface area contributed by atoms with Crippen LogP contribution in [0.15, 0.2) is 29.2 Å². The van der Waals surface area contributed by atoms with Gasteiger partial charge in [0, 0.05) is 4.90 Å². The predicted molar refractivity (Wildman–Crippen MR) is 74.5 cm³/mol. The van der Waals surface area contributed by atoms with Crippen LogP contribution in [0.25, 0.3) is 0 Å². The van der Waals surface area contributed by atoms with Gasteiger partial charge in [-0.1, -0.05) is 37.6 Å². The number of hydrogen-bond donors (Lipinski definition) is 1. The van der Waals surface area contributed by atoms with Crippen molar-refractivity contribution in [1.82, 2.24) is 5.32 Å². The van der Waals surface area contributed by atoms with Crippen molar-refractivity contribution in [2.24, 2.45) is 5.92 Å². The average Bonchev–Trinajstić information content (AvgIpc) is 2.25. The summed E-state index contributed by atoms with van der Waals surface area (Å²) in [5.41, 5.74) is 0. The second-order valence-corrected chi connectivity index (χ2v) is 5.77. The Morgan fingerprint density at radius 1 is 1.31 bits per heavy atom. The van der Waals surface area contributed by atoms with Crippen LogP contribution < -0.4 is 5.32 Å². The first-order chi connectivity index (χ1) is 7.70. The lowest BCUT2D eigenvalue weighted by atomic mass is 10.2. The maximum atomic E-state index is 6.07. The third kappa shape index (κ3) is 5.78. The molecule has 0 saturated heterocycles. The molecule has 1 aromatic rings. The molecule has 0 aliphatic carbocycles. The van der Waals surface area contributed by atoms with Crippen LogP contribution in [0.4, 0.5) is 0 Å². The fraction of sp³-hybridized carbons (Fsp3) is 0.538. The van der Waals surface area contributed by atoms with E-state index in [4.69, 9.17) is 11.6 Å². The van der Waals surface area contributed by atoms with Gasteiger partial charge in [-0.25, -0.2) is 0 Å². The Morgan fingerprint density at radius 3 is 2.75 bits per heavy atom. The van der Waals surface area contributed by atoms with E-state index < -0.39 is 0 Å². The van der Waals surface area contributed by atoms with Crippen LogP contribution >= 0.6 is 23.4 Å². The van der Waals surface area contributed by atoms with E-state index in [1.165, 1.54) is 11.3 Å². The van der Waals surface area contributed by atoms with Gasteiger partial charge in [-0.3, -0.25) is 0 Å². The van der Waals surface area contributed by atoms with E-state index in [0.717, 1.165) is 29.8 Å². The van der Waals surface area contributed by atoms with Crippen LogP contribution in [0, 0.1) is 5.92 Å². The Balaban J connectivity index is 2.10. The highest BCUT2D eigenvalue weighted by Gasteiger charge is 1.99. The van der Waals surface area contributed by atoms with Gasteiger partial charge in [0.2, 0.25) is 0 Å². The van der Waals surface area contributed by atoms with Gasteiger partial charge >= 0.3 is 0 Å². The molecule has 1 nitrogen and oxygen atoms in total. The van der Waals surface area contributed by atoms with Crippen molar-refractivity contribution in [2.45, 2.75) is 25.2 Å². The van der Waals surface area contributed by atoms with Crippen LogP contribution in [-0.2, 0) is 0 Å². The van der Waals surface area contributed by atoms with Gasteiger partial charge in [0.1, 0.15) is 0 Å². The quantitative estimate of drug-likeness (QED) is 0.584. The Labute approximate surface area is 108 Å². The van der Waals surface area contributed by atoms with E-state index >= 15 is 0 Å². The van der Waals surface area contributed by atoms with Crippen LogP contribution in [0.5, 0.6) is 0 Å². The second-order valence-electron chi connectivity index (χ2n) is 4.23. The van der Waals surface area contributed by atoms with Crippen molar-refractivity contribution >= 4 is 23.4 Å². The maximum absolute atomic E-state index is 6.07. The molecule has 0 radical (unpaired) electrons. The summed E-state index contributed by atoms with van der Waals surface area (Å²) in [7, 11) is 0. The third-order valence-electron chi connectivity index (χ3n) is 2.14. The van der Waals surface area contributed by atoms with Crippen molar-refractivity contribution in [3.63, 3.8) is 0 Å². The molecule has 0 atom stereocenters. The van der Waals surface area contributed by atoms with E-state index in [-0.39, 0.29) is 0 Å². The number of hydrogen-bond acceptors (Lipinski definition) is 2. The number of thioether (sulfide) groups is 1. The van der Waals surface area contributed by atoms with E-state index in [9.17, 15) is 0 Å². The van der Waals surface area contributed by atoms with Crippen molar-refractivity contribution in [1.29, 1.82) is 0 Å². The van der Waals surface area contributed by atoms with Gasteiger partial charge in [0.15, 0.2) is 0 Å². The summed E-state index contributed by atoms with van der Waals surface area (Å²) in [4.78, 5) is 1.19. The molecule has 3 heteroatoms. The standard InChI is InChI=1S/C13H20ClNS/c1-11(2)10-15-8-5-9-16-13-7-4-3-6-12(13)14/h3-4,6-7,11,15H,5,8-10H2,1-2H3. The van der Waals surface area contributed by atoms with Crippen molar-refractivity contribution in [3.8, 4) is 0 Å². The van der Waals surface area contributed by atoms with Crippen molar-refractivity contribution in [3.05, 3.63) is 29.3 Å². The van der Waals surface area contributed by atoms with Crippen LogP contribution in [0.3, 0.4) is 0 Å². The summed E-state index contributed by atoms with van der Waals surface area (Å²) in [6, 6.07) is 8.03. The zero-order valence-electron chi connectivity index (χ0n) is 10.0. The van der Waals surface area contributed by atoms with E-state index in [0.29, 0.717) is 0 Å². The fourth-order valence-corrected chi connectivity index (χ4v) is 2.52. The van der Waals surface area contributed by atoms with E-state index in [1.807, 2.05) is 30.0 Å². The van der Waals surface area contributed by atoms with Gasteiger partial charge < -0.3 is 5.32 Å². The zero-order chi connectivity index (χ0) is 11.8. The molecule has 1 rings (SSSR count). The van der Waals surface area contributed by atoms with E-state index in [1.54, 1.807) is 0 Å². The van der Waals surface area contributed by atoms with Crippen molar-refractivity contribution in [2.75, 3.05) is 18.8 Å². The molecule has 0 aliphatic heterocycles. The topological polar surface area (TPSA) is 12.0 Å². The highest BCUT2D eigenvalue weighted by Crippen LogP contribution is 2.26. The molecule has 0 unspecified atom stereocenters. The van der Waals surface area contributed by atoms with Gasteiger partial charge in [0.25, 0.3) is 0 Å². The summed E-state index contributed by atoms with van der Waals surface area (Å²) in [5, 5.41) is 4.30. The molecule has 0 amide bonds. The molecule has 16 heavy (non-hydrogen) atoms. The molecule has 0 saturated carbocycles. The molecule has 1 aromatic carbocycles. The lowest BCUT2D eigenvalue weighted by Gasteiger charge is -2.07. The lowest BCUT2D eigenvalue weighted by molar-refractivity contribution is 0.552. The Kier molecular flexibility index (Phi) is 6.93. The minimum atomic E-state index is 0.733. The third-order valence-corrected chi connectivity index (χ3v) is 3.75. The molecule has 0 bridgehead atoms. The second kappa shape index (κ2) is 7.99. The van der Waals surface area contributed by atoms with Gasteiger partial charge in [-0.05, 0) is 43.3 Å². The molecule has 0 heterocycles. The molecule has 90 valence electrons.